The van der Waals surface area contributed by atoms with E-state index in [1.807, 2.05) is 0 Å². The number of carboxylic acids is 1. The predicted molar refractivity (Wildman–Crippen MR) is 89.3 cm³/mol. The second kappa shape index (κ2) is 8.57. The van der Waals surface area contributed by atoms with E-state index < -0.39 is 12.6 Å². The van der Waals surface area contributed by atoms with Crippen LogP contribution in [0.25, 0.3) is 0 Å². The van der Waals surface area contributed by atoms with Gasteiger partial charge in [0.15, 0.2) is 6.61 Å². The number of nitrogens with one attached hydrogen (secondary N) is 2. The van der Waals surface area contributed by atoms with Crippen molar-refractivity contribution in [1.82, 2.24) is 10.9 Å². The number of hydrogen-bond acceptors (Lipinski definition) is 6. The van der Waals surface area contributed by atoms with E-state index in [0.29, 0.717) is 23.4 Å². The average molecular weight is 346 g/mol. The Morgan fingerprint density at radius 2 is 2.20 bits per heavy atom. The van der Waals surface area contributed by atoms with Crippen molar-refractivity contribution in [2.45, 2.75) is 19.8 Å². The average Bonchev–Trinajstić information content (AvgIpc) is 2.90. The van der Waals surface area contributed by atoms with Crippen LogP contribution in [0.5, 0.6) is 5.75 Å². The molecule has 2 rings (SSSR count). The van der Waals surface area contributed by atoms with Gasteiger partial charge < -0.3 is 9.84 Å². The number of ether oxygens (including phenoxy) is 1. The lowest BCUT2D eigenvalue weighted by Gasteiger charge is -2.07. The first kappa shape index (κ1) is 18.1. The highest BCUT2D eigenvalue weighted by Crippen LogP contribution is 2.16. The molecule has 1 aromatic carbocycles. The predicted octanol–water partition coefficient (Wildman–Crippen LogP) is 0.502. The maximum atomic E-state index is 11.8. The van der Waals surface area contributed by atoms with Crippen molar-refractivity contribution < 1.29 is 24.2 Å². The summed E-state index contributed by atoms with van der Waals surface area (Å²) in [6, 6.07) is 6.71. The topological polar surface area (TPSA) is 129 Å². The molecule has 9 heteroatoms. The third-order valence-corrected chi connectivity index (χ3v) is 3.49. The van der Waals surface area contributed by atoms with Gasteiger partial charge in [0.1, 0.15) is 5.75 Å². The number of hydrazone groups is 2. The lowest BCUT2D eigenvalue weighted by Crippen LogP contribution is -2.25. The molecular weight excluding hydrogens is 328 g/mol. The molecule has 0 saturated carbocycles. The molecule has 0 fully saturated rings. The molecule has 132 valence electrons. The molecule has 0 unspecified atom stereocenters. The van der Waals surface area contributed by atoms with Gasteiger partial charge >= 0.3 is 5.97 Å². The van der Waals surface area contributed by atoms with Crippen LogP contribution in [0.1, 0.15) is 25.3 Å². The maximum absolute atomic E-state index is 11.8. The molecule has 1 aromatic rings. The number of aliphatic carboxylic acids is 1. The third-order valence-electron chi connectivity index (χ3n) is 3.49. The quantitative estimate of drug-likeness (QED) is 0.466. The molecule has 3 N–H and O–H groups in total. The van der Waals surface area contributed by atoms with Crippen LogP contribution in [0.15, 0.2) is 34.5 Å². The summed E-state index contributed by atoms with van der Waals surface area (Å²) in [6.07, 6.45) is 1.84. The van der Waals surface area contributed by atoms with Crippen LogP contribution in [0.2, 0.25) is 0 Å². The fourth-order valence-corrected chi connectivity index (χ4v) is 2.19. The van der Waals surface area contributed by atoms with Crippen molar-refractivity contribution in [3.05, 3.63) is 29.8 Å². The number of rotatable bonds is 8. The highest BCUT2D eigenvalue weighted by molar-refractivity contribution is 6.07. The smallest absolute Gasteiger partial charge is 0.341 e. The van der Waals surface area contributed by atoms with Crippen molar-refractivity contribution in [3.63, 3.8) is 0 Å². The van der Waals surface area contributed by atoms with Crippen LogP contribution >= 0.6 is 0 Å². The summed E-state index contributed by atoms with van der Waals surface area (Å²) in [5, 5.41) is 16.3. The molecule has 25 heavy (non-hydrogen) atoms. The van der Waals surface area contributed by atoms with Crippen LogP contribution in [-0.2, 0) is 14.4 Å². The van der Waals surface area contributed by atoms with Crippen LogP contribution in [-0.4, -0.2) is 41.4 Å². The maximum Gasteiger partial charge on any atom is 0.341 e. The monoisotopic (exact) mass is 346 g/mol. The van der Waals surface area contributed by atoms with Gasteiger partial charge in [-0.25, -0.2) is 15.6 Å². The molecule has 1 atom stereocenters. The van der Waals surface area contributed by atoms with Crippen LogP contribution in [0.4, 0.5) is 0 Å². The number of benzene rings is 1. The third kappa shape index (κ3) is 5.41. The molecule has 0 saturated heterocycles. The minimum atomic E-state index is -1.09. The largest absolute Gasteiger partial charge is 0.481 e. The zero-order chi connectivity index (χ0) is 18.2. The summed E-state index contributed by atoms with van der Waals surface area (Å²) in [7, 11) is 0. The fraction of sp³-hybridized carbons (Fsp3) is 0.312. The molecule has 0 spiro atoms. The molecule has 9 nitrogen and oxygen atoms in total. The van der Waals surface area contributed by atoms with Crippen molar-refractivity contribution in [1.29, 1.82) is 0 Å². The van der Waals surface area contributed by atoms with Crippen molar-refractivity contribution in [2.24, 2.45) is 16.1 Å². The van der Waals surface area contributed by atoms with Gasteiger partial charge in [-0.2, -0.15) is 10.2 Å². The van der Waals surface area contributed by atoms with Crippen LogP contribution in [0.3, 0.4) is 0 Å². The summed E-state index contributed by atoms with van der Waals surface area (Å²) in [5.74, 6) is -1.68. The second-order valence-electron chi connectivity index (χ2n) is 5.33. The van der Waals surface area contributed by atoms with Crippen LogP contribution < -0.4 is 15.6 Å². The molecule has 0 aromatic heterocycles. The number of para-hydroxylation sites is 1. The summed E-state index contributed by atoms with van der Waals surface area (Å²) in [4.78, 5) is 33.9. The van der Waals surface area contributed by atoms with Gasteiger partial charge in [0.25, 0.3) is 0 Å². The van der Waals surface area contributed by atoms with Crippen molar-refractivity contribution in [3.8, 4) is 5.75 Å². The van der Waals surface area contributed by atoms with Crippen molar-refractivity contribution in [2.75, 3.05) is 6.61 Å². The Morgan fingerprint density at radius 1 is 1.44 bits per heavy atom. The minimum absolute atomic E-state index is 0.124. The Hall–Kier alpha value is -3.23. The van der Waals surface area contributed by atoms with Gasteiger partial charge in [-0.05, 0) is 25.5 Å². The molecule has 0 aliphatic carbocycles. The first-order valence-electron chi connectivity index (χ1n) is 7.57. The summed E-state index contributed by atoms with van der Waals surface area (Å²) < 4.78 is 5.13. The SMILES string of the molecule is CC1=NNC(=O)[C@@H]1CCC(=O)N/N=C/c1ccccc1OCC(=O)O. The van der Waals surface area contributed by atoms with E-state index in [0.717, 1.165) is 0 Å². The lowest BCUT2D eigenvalue weighted by atomic mass is 9.99. The number of carbonyl (C=O) groups is 3. The molecular formula is C16H18N4O5. The Kier molecular flexibility index (Phi) is 6.21. The normalized spacial score (nSPS) is 16.4. The zero-order valence-corrected chi connectivity index (χ0v) is 13.6. The van der Waals surface area contributed by atoms with E-state index in [1.54, 1.807) is 31.2 Å². The van der Waals surface area contributed by atoms with E-state index in [4.69, 9.17) is 9.84 Å². The fourth-order valence-electron chi connectivity index (χ4n) is 2.19. The van der Waals surface area contributed by atoms with E-state index in [2.05, 4.69) is 21.1 Å². The zero-order valence-electron chi connectivity index (χ0n) is 13.6. The van der Waals surface area contributed by atoms with Gasteiger partial charge in [-0.15, -0.1) is 0 Å². The second-order valence-corrected chi connectivity index (χ2v) is 5.33. The highest BCUT2D eigenvalue weighted by atomic mass is 16.5. The number of carbonyl (C=O) groups excluding carboxylic acids is 2. The van der Waals surface area contributed by atoms with E-state index in [1.165, 1.54) is 6.21 Å². The minimum Gasteiger partial charge on any atom is -0.481 e. The van der Waals surface area contributed by atoms with E-state index in [9.17, 15) is 14.4 Å². The van der Waals surface area contributed by atoms with Gasteiger partial charge in [0.2, 0.25) is 11.8 Å². The molecule has 1 aliphatic heterocycles. The molecule has 1 aliphatic rings. The summed E-state index contributed by atoms with van der Waals surface area (Å²) >= 11 is 0. The first-order valence-corrected chi connectivity index (χ1v) is 7.57. The van der Waals surface area contributed by atoms with E-state index in [-0.39, 0.29) is 24.2 Å². The summed E-state index contributed by atoms with van der Waals surface area (Å²) in [5.41, 5.74) is 5.92. The van der Waals surface area contributed by atoms with Crippen LogP contribution in [0, 0.1) is 5.92 Å². The Bertz CT molecular complexity index is 729. The standard InChI is InChI=1S/C16H18N4O5/c1-10-12(16(24)20-18-10)6-7-14(21)19-17-8-11-4-2-3-5-13(11)25-9-15(22)23/h2-5,8,12H,6-7,9H2,1H3,(H,19,21)(H,20,24)(H,22,23)/b17-8+/t12-/m1/s1. The lowest BCUT2D eigenvalue weighted by molar-refractivity contribution is -0.139. The molecule has 2 amide bonds. The molecule has 0 bridgehead atoms. The number of nitrogens with zero attached hydrogens (tertiary/aromatic N) is 2. The Balaban J connectivity index is 1.84. The van der Waals surface area contributed by atoms with Crippen molar-refractivity contribution >= 4 is 29.7 Å². The van der Waals surface area contributed by atoms with Gasteiger partial charge in [-0.3, -0.25) is 9.59 Å². The molecule has 1 heterocycles. The number of carboxylic acid groups (broad SMARTS) is 1. The number of hydrogen-bond donors (Lipinski definition) is 3. The highest BCUT2D eigenvalue weighted by Gasteiger charge is 2.26. The van der Waals surface area contributed by atoms with Gasteiger partial charge in [0, 0.05) is 17.7 Å². The Morgan fingerprint density at radius 3 is 2.88 bits per heavy atom. The van der Waals surface area contributed by atoms with E-state index >= 15 is 0 Å². The Labute approximate surface area is 143 Å². The van der Waals surface area contributed by atoms with Gasteiger partial charge in [-0.1, -0.05) is 12.1 Å². The summed E-state index contributed by atoms with van der Waals surface area (Å²) in [6.45, 7) is 1.26. The van der Waals surface area contributed by atoms with Gasteiger partial charge in [0.05, 0.1) is 12.1 Å². The molecule has 0 radical (unpaired) electrons. The first-order chi connectivity index (χ1) is 12.0. The number of amides is 2.